The Kier molecular flexibility index (Phi) is 3.81. The minimum Gasteiger partial charge on any atom is -0.504 e. The molecular formula is C9H11NO8. The lowest BCUT2D eigenvalue weighted by molar-refractivity contribution is -0.327. The first-order chi connectivity index (χ1) is 8.25. The lowest BCUT2D eigenvalue weighted by atomic mass is 10.0. The maximum atomic E-state index is 10.7. The van der Waals surface area contributed by atoms with Gasteiger partial charge in [-0.3, -0.25) is 15.2 Å². The molecule has 1 rings (SSSR count). The number of phenolic OH excluding ortho intramolecular Hbond substituents is 4. The average Bonchev–Trinajstić information content (AvgIpc) is 2.28. The highest BCUT2D eigenvalue weighted by Crippen LogP contribution is 2.44. The number of carbonyl (C=O) groups is 1. The Hall–Kier alpha value is -2.23. The number of aromatic hydroxyl groups is 4. The van der Waals surface area contributed by atoms with Gasteiger partial charge in [0.05, 0.1) is 0 Å². The second kappa shape index (κ2) is 4.96. The Labute approximate surface area is 99.9 Å². The fraction of sp³-hybridized carbons (Fsp3) is 0.222. The number of hydrogen-bond donors (Lipinski definition) is 7. The van der Waals surface area contributed by atoms with E-state index in [4.69, 9.17) is 20.6 Å². The number of carboxylic acid groups (broad SMARTS) is 1. The van der Waals surface area contributed by atoms with Crippen molar-refractivity contribution >= 4 is 5.97 Å². The van der Waals surface area contributed by atoms with E-state index >= 15 is 0 Å². The maximum Gasteiger partial charge on any atom is 0.326 e. The van der Waals surface area contributed by atoms with Gasteiger partial charge in [0, 0.05) is 12.0 Å². The van der Waals surface area contributed by atoms with Crippen molar-refractivity contribution in [3.8, 4) is 23.0 Å². The maximum absolute atomic E-state index is 10.7. The van der Waals surface area contributed by atoms with Crippen LogP contribution < -0.4 is 0 Å². The van der Waals surface area contributed by atoms with E-state index in [9.17, 15) is 20.1 Å². The second-order valence-corrected chi connectivity index (χ2v) is 3.48. The van der Waals surface area contributed by atoms with Crippen molar-refractivity contribution in [2.75, 3.05) is 0 Å². The third kappa shape index (κ3) is 2.53. The first-order valence-corrected chi connectivity index (χ1v) is 4.61. The summed E-state index contributed by atoms with van der Waals surface area (Å²) in [6, 6.07) is -1.02. The normalized spacial score (nSPS) is 12.6. The molecule has 0 radical (unpaired) electrons. The highest BCUT2D eigenvalue weighted by Gasteiger charge is 2.27. The van der Waals surface area contributed by atoms with E-state index in [1.807, 2.05) is 0 Å². The molecule has 0 aliphatic heterocycles. The smallest absolute Gasteiger partial charge is 0.326 e. The summed E-state index contributed by atoms with van der Waals surface area (Å²) in [4.78, 5) is 10.7. The number of aliphatic carboxylic acids is 1. The molecule has 100 valence electrons. The highest BCUT2D eigenvalue weighted by molar-refractivity contribution is 5.74. The minimum absolute atomic E-state index is 0.289. The van der Waals surface area contributed by atoms with Gasteiger partial charge in [-0.1, -0.05) is 5.23 Å². The molecule has 1 aromatic rings. The predicted octanol–water partition coefficient (Wildman–Crippen LogP) is -0.415. The third-order valence-corrected chi connectivity index (χ3v) is 2.28. The predicted molar refractivity (Wildman–Crippen MR) is 53.6 cm³/mol. The van der Waals surface area contributed by atoms with Crippen molar-refractivity contribution in [2.45, 2.75) is 12.5 Å². The Balaban J connectivity index is 3.15. The molecule has 1 atom stereocenters. The van der Waals surface area contributed by atoms with Crippen LogP contribution in [0.25, 0.3) is 0 Å². The molecule has 18 heavy (non-hydrogen) atoms. The van der Waals surface area contributed by atoms with Crippen LogP contribution in [-0.4, -0.2) is 53.2 Å². The number of hydroxylamine groups is 2. The second-order valence-electron chi connectivity index (χ2n) is 3.48. The molecule has 0 aliphatic carbocycles. The van der Waals surface area contributed by atoms with Crippen LogP contribution in [0.2, 0.25) is 0 Å². The molecule has 0 saturated heterocycles. The summed E-state index contributed by atoms with van der Waals surface area (Å²) in [5.41, 5.74) is -0.289. The molecule has 0 amide bonds. The van der Waals surface area contributed by atoms with E-state index in [0.717, 1.165) is 6.07 Å². The largest absolute Gasteiger partial charge is 0.504 e. The Morgan fingerprint density at radius 1 is 1.11 bits per heavy atom. The van der Waals surface area contributed by atoms with Gasteiger partial charge in [0.25, 0.3) is 0 Å². The van der Waals surface area contributed by atoms with E-state index < -0.39 is 46.7 Å². The third-order valence-electron chi connectivity index (χ3n) is 2.28. The summed E-state index contributed by atoms with van der Waals surface area (Å²) in [7, 11) is 0. The quantitative estimate of drug-likeness (QED) is 0.217. The fourth-order valence-electron chi connectivity index (χ4n) is 1.32. The summed E-state index contributed by atoms with van der Waals surface area (Å²) in [5.74, 6) is -5.25. The lowest BCUT2D eigenvalue weighted by Crippen LogP contribution is -2.38. The molecule has 0 aromatic heterocycles. The van der Waals surface area contributed by atoms with Gasteiger partial charge in [-0.05, 0) is 6.07 Å². The molecule has 0 bridgehead atoms. The molecule has 9 heteroatoms. The van der Waals surface area contributed by atoms with Crippen LogP contribution in [-0.2, 0) is 11.2 Å². The summed E-state index contributed by atoms with van der Waals surface area (Å²) < 4.78 is 0. The van der Waals surface area contributed by atoms with Crippen molar-refractivity contribution in [1.82, 2.24) is 5.23 Å². The van der Waals surface area contributed by atoms with Crippen molar-refractivity contribution in [3.63, 3.8) is 0 Å². The number of hydrogen-bond acceptors (Lipinski definition) is 8. The zero-order valence-corrected chi connectivity index (χ0v) is 8.85. The van der Waals surface area contributed by atoms with Crippen LogP contribution >= 0.6 is 0 Å². The van der Waals surface area contributed by atoms with Gasteiger partial charge in [0.15, 0.2) is 17.5 Å². The number of nitrogens with zero attached hydrogens (tertiary/aromatic N) is 1. The molecule has 9 nitrogen and oxygen atoms in total. The minimum atomic E-state index is -1.82. The van der Waals surface area contributed by atoms with Crippen molar-refractivity contribution in [2.24, 2.45) is 0 Å². The Morgan fingerprint density at radius 3 is 2.11 bits per heavy atom. The van der Waals surface area contributed by atoms with Crippen LogP contribution in [0.4, 0.5) is 0 Å². The van der Waals surface area contributed by atoms with Gasteiger partial charge >= 0.3 is 5.97 Å². The monoisotopic (exact) mass is 261 g/mol. The molecule has 7 N–H and O–H groups in total. The molecule has 0 heterocycles. The number of rotatable bonds is 4. The standard InChI is InChI=1S/C9H11NO8/c11-5-2-3(6(12)8(14)7(5)13)1-4(9(15)16)10(17)18/h2,4,11-14,17-18H,1H2,(H,15,16). The highest BCUT2D eigenvalue weighted by atomic mass is 16.8. The van der Waals surface area contributed by atoms with Gasteiger partial charge in [-0.25, -0.2) is 0 Å². The number of carboxylic acids is 1. The van der Waals surface area contributed by atoms with E-state index in [1.54, 1.807) is 0 Å². The van der Waals surface area contributed by atoms with Crippen molar-refractivity contribution in [3.05, 3.63) is 11.6 Å². The molecule has 0 spiro atoms. The topological polar surface area (TPSA) is 162 Å². The SMILES string of the molecule is O=C(O)C(Cc1cc(O)c(O)c(O)c1O)N(O)O. The number of benzene rings is 1. The molecular weight excluding hydrogens is 250 g/mol. The molecule has 1 unspecified atom stereocenters. The van der Waals surface area contributed by atoms with Gasteiger partial charge < -0.3 is 25.5 Å². The molecule has 0 aliphatic rings. The summed E-state index contributed by atoms with van der Waals surface area (Å²) in [5, 5.41) is 62.3. The van der Waals surface area contributed by atoms with Crippen LogP contribution in [0.1, 0.15) is 5.56 Å². The van der Waals surface area contributed by atoms with Crippen LogP contribution in [0, 0.1) is 0 Å². The first kappa shape index (κ1) is 13.8. The molecule has 0 fully saturated rings. The van der Waals surface area contributed by atoms with Crippen LogP contribution in [0.15, 0.2) is 6.07 Å². The zero-order chi connectivity index (χ0) is 14.0. The molecule has 0 saturated carbocycles. The van der Waals surface area contributed by atoms with Gasteiger partial charge in [-0.15, -0.1) is 0 Å². The fourth-order valence-corrected chi connectivity index (χ4v) is 1.32. The van der Waals surface area contributed by atoms with Crippen LogP contribution in [0.5, 0.6) is 23.0 Å². The summed E-state index contributed by atoms with van der Waals surface area (Å²) in [6.45, 7) is 0. The van der Waals surface area contributed by atoms with Crippen molar-refractivity contribution in [1.29, 1.82) is 0 Å². The zero-order valence-electron chi connectivity index (χ0n) is 8.85. The first-order valence-electron chi connectivity index (χ1n) is 4.61. The van der Waals surface area contributed by atoms with Gasteiger partial charge in [-0.2, -0.15) is 0 Å². The van der Waals surface area contributed by atoms with Crippen LogP contribution in [0.3, 0.4) is 0 Å². The van der Waals surface area contributed by atoms with Crippen molar-refractivity contribution < 1.29 is 40.7 Å². The Bertz CT molecular complexity index is 472. The summed E-state index contributed by atoms with van der Waals surface area (Å²) >= 11 is 0. The number of phenols is 4. The van der Waals surface area contributed by atoms with E-state index in [-0.39, 0.29) is 5.56 Å². The van der Waals surface area contributed by atoms with E-state index in [1.165, 1.54) is 0 Å². The molecule has 1 aromatic carbocycles. The lowest BCUT2D eigenvalue weighted by Gasteiger charge is -2.17. The van der Waals surface area contributed by atoms with Gasteiger partial charge in [0.1, 0.15) is 0 Å². The summed E-state index contributed by atoms with van der Waals surface area (Å²) in [6.07, 6.45) is -0.629. The van der Waals surface area contributed by atoms with E-state index in [2.05, 4.69) is 0 Å². The average molecular weight is 261 g/mol. The Morgan fingerprint density at radius 2 is 1.67 bits per heavy atom. The van der Waals surface area contributed by atoms with E-state index in [0.29, 0.717) is 0 Å². The van der Waals surface area contributed by atoms with Gasteiger partial charge in [0.2, 0.25) is 11.5 Å².